The molecule has 1 fully saturated rings. The van der Waals surface area contributed by atoms with Gasteiger partial charge in [0.1, 0.15) is 11.8 Å². The summed E-state index contributed by atoms with van der Waals surface area (Å²) in [5, 5.41) is 10.2. The molecule has 10 nitrogen and oxygen atoms in total. The lowest BCUT2D eigenvalue weighted by Crippen LogP contribution is -2.41. The van der Waals surface area contributed by atoms with Gasteiger partial charge in [-0.25, -0.2) is 9.67 Å². The van der Waals surface area contributed by atoms with Crippen molar-refractivity contribution in [1.82, 2.24) is 20.1 Å². The average Bonchev–Trinajstić information content (AvgIpc) is 3.23. The van der Waals surface area contributed by atoms with Crippen LogP contribution >= 0.6 is 34.8 Å². The number of carbonyl (C=O) groups is 2. The maximum absolute atomic E-state index is 13.4. The van der Waals surface area contributed by atoms with Crippen LogP contribution in [0.2, 0.25) is 15.1 Å². The summed E-state index contributed by atoms with van der Waals surface area (Å²) >= 11 is 18.8. The Balaban J connectivity index is 1.68. The second kappa shape index (κ2) is 11.6. The Morgan fingerprint density at radius 2 is 1.94 bits per heavy atom. The van der Waals surface area contributed by atoms with E-state index in [1.807, 2.05) is 0 Å². The highest BCUT2D eigenvalue weighted by Gasteiger charge is 2.30. The second-order valence-corrected chi connectivity index (χ2v) is 10.4. The smallest absolute Gasteiger partial charge is 0.274 e. The number of benzene rings is 1. The summed E-state index contributed by atoms with van der Waals surface area (Å²) in [5.74, 6) is -0.0951. The molecule has 3 heterocycles. The molecule has 1 saturated heterocycles. The van der Waals surface area contributed by atoms with Gasteiger partial charge in [0.25, 0.3) is 11.8 Å². The molecular weight excluding hydrogens is 553 g/mol. The lowest BCUT2D eigenvalue weighted by molar-refractivity contribution is 0.0938. The first-order valence-electron chi connectivity index (χ1n) is 10.6. The maximum Gasteiger partial charge on any atom is 0.274 e. The van der Waals surface area contributed by atoms with Gasteiger partial charge in [-0.05, 0) is 24.3 Å². The Bertz CT molecular complexity index is 1330. The molecule has 0 spiro atoms. The molecule has 2 aromatic heterocycles. The molecular formula is C22H20Cl3N5O5S. The molecule has 0 aliphatic carbocycles. The van der Waals surface area contributed by atoms with Crippen LogP contribution < -0.4 is 15.4 Å². The number of carbonyl (C=O) groups excluding carboxylic acids is 2. The van der Waals surface area contributed by atoms with Crippen LogP contribution in [0, 0.1) is 0 Å². The van der Waals surface area contributed by atoms with Crippen molar-refractivity contribution in [3.63, 3.8) is 0 Å². The highest BCUT2D eigenvalue weighted by molar-refractivity contribution is 7.86. The highest BCUT2D eigenvalue weighted by Crippen LogP contribution is 2.32. The standard InChI is InChI=1S/C22H20Cl3N5O5S/c1-34-6-5-27-21(31)14-7-12(23)8-16(25)19(14)28-22(32)17-9-18(35-13-10-36(33)11-13)29-30(17)20-15(24)3-2-4-26-20/h2-4,7-9,13H,5-6,10-11H2,1H3,(H,27,31)(H,28,32). The van der Waals surface area contributed by atoms with Crippen molar-refractivity contribution >= 4 is 63.1 Å². The minimum atomic E-state index is -0.928. The van der Waals surface area contributed by atoms with Gasteiger partial charge in [-0.15, -0.1) is 5.10 Å². The average molecular weight is 573 g/mol. The lowest BCUT2D eigenvalue weighted by atomic mass is 10.1. The van der Waals surface area contributed by atoms with Crippen LogP contribution in [0.1, 0.15) is 20.8 Å². The Morgan fingerprint density at radius 3 is 2.64 bits per heavy atom. The van der Waals surface area contributed by atoms with Gasteiger partial charge in [0.05, 0.1) is 39.4 Å². The highest BCUT2D eigenvalue weighted by atomic mass is 35.5. The van der Waals surface area contributed by atoms with Crippen LogP contribution in [0.25, 0.3) is 5.82 Å². The van der Waals surface area contributed by atoms with Gasteiger partial charge in [-0.2, -0.15) is 0 Å². The zero-order valence-electron chi connectivity index (χ0n) is 18.8. The number of anilines is 1. The molecule has 1 aromatic carbocycles. The molecule has 0 radical (unpaired) electrons. The van der Waals surface area contributed by atoms with E-state index in [0.717, 1.165) is 0 Å². The van der Waals surface area contributed by atoms with Crippen LogP contribution in [0.15, 0.2) is 36.5 Å². The van der Waals surface area contributed by atoms with E-state index in [4.69, 9.17) is 44.3 Å². The molecule has 1 aliphatic rings. The fraction of sp³-hybridized carbons (Fsp3) is 0.273. The minimum absolute atomic E-state index is 0.0165. The predicted octanol–water partition coefficient (Wildman–Crippen LogP) is 3.37. The molecule has 14 heteroatoms. The summed E-state index contributed by atoms with van der Waals surface area (Å²) in [5.41, 5.74) is 0.132. The number of pyridine rings is 1. The van der Waals surface area contributed by atoms with Crippen LogP contribution in [-0.4, -0.2) is 68.7 Å². The molecule has 3 aromatic rings. The van der Waals surface area contributed by atoms with Crippen molar-refractivity contribution < 1.29 is 23.3 Å². The minimum Gasteiger partial charge on any atom is -0.471 e. The largest absolute Gasteiger partial charge is 0.471 e. The molecule has 2 N–H and O–H groups in total. The Kier molecular flexibility index (Phi) is 8.47. The Morgan fingerprint density at radius 1 is 1.17 bits per heavy atom. The molecule has 36 heavy (non-hydrogen) atoms. The fourth-order valence-corrected chi connectivity index (χ4v) is 4.91. The van der Waals surface area contributed by atoms with Crippen molar-refractivity contribution in [3.05, 3.63) is 62.9 Å². The zero-order valence-corrected chi connectivity index (χ0v) is 21.9. The lowest BCUT2D eigenvalue weighted by Gasteiger charge is -2.24. The van der Waals surface area contributed by atoms with Crippen molar-refractivity contribution in [1.29, 1.82) is 0 Å². The first kappa shape index (κ1) is 26.4. The number of methoxy groups -OCH3 is 1. The number of ether oxygens (including phenoxy) is 2. The summed E-state index contributed by atoms with van der Waals surface area (Å²) in [4.78, 5) is 30.4. The molecule has 0 saturated carbocycles. The first-order chi connectivity index (χ1) is 17.3. The second-order valence-electron chi connectivity index (χ2n) is 7.61. The monoisotopic (exact) mass is 571 g/mol. The normalized spacial score (nSPS) is 16.8. The molecule has 2 amide bonds. The summed E-state index contributed by atoms with van der Waals surface area (Å²) in [6.07, 6.45) is 1.22. The van der Waals surface area contributed by atoms with Gasteiger partial charge in [0.15, 0.2) is 5.82 Å². The molecule has 190 valence electrons. The van der Waals surface area contributed by atoms with E-state index < -0.39 is 22.6 Å². The quantitative estimate of drug-likeness (QED) is 0.377. The Hall–Kier alpha value is -2.70. The topological polar surface area (TPSA) is 124 Å². The maximum atomic E-state index is 13.4. The van der Waals surface area contributed by atoms with E-state index in [1.165, 1.54) is 36.2 Å². The molecule has 0 bridgehead atoms. The van der Waals surface area contributed by atoms with E-state index in [2.05, 4.69) is 20.7 Å². The van der Waals surface area contributed by atoms with Gasteiger partial charge in [-0.1, -0.05) is 34.8 Å². The van der Waals surface area contributed by atoms with Crippen LogP contribution in [0.5, 0.6) is 5.88 Å². The number of nitrogens with one attached hydrogen (secondary N) is 2. The molecule has 4 rings (SSSR count). The number of nitrogens with zero attached hydrogens (tertiary/aromatic N) is 3. The molecule has 0 unspecified atom stereocenters. The van der Waals surface area contributed by atoms with Gasteiger partial charge in [-0.3, -0.25) is 13.8 Å². The van der Waals surface area contributed by atoms with Crippen LogP contribution in [0.3, 0.4) is 0 Å². The third-order valence-electron chi connectivity index (χ3n) is 5.02. The summed E-state index contributed by atoms with van der Waals surface area (Å²) in [6.45, 7) is 0.535. The summed E-state index contributed by atoms with van der Waals surface area (Å²) < 4.78 is 23.4. The van der Waals surface area contributed by atoms with Crippen molar-refractivity contribution in [3.8, 4) is 11.7 Å². The molecule has 1 aliphatic heterocycles. The number of halogens is 3. The molecule has 0 atom stereocenters. The third-order valence-corrected chi connectivity index (χ3v) is 7.32. The van der Waals surface area contributed by atoms with Gasteiger partial charge < -0.3 is 20.1 Å². The van der Waals surface area contributed by atoms with E-state index >= 15 is 0 Å². The van der Waals surface area contributed by atoms with Crippen molar-refractivity contribution in [2.75, 3.05) is 37.1 Å². The van der Waals surface area contributed by atoms with Crippen LogP contribution in [-0.2, 0) is 15.5 Å². The third kappa shape index (κ3) is 5.98. The van der Waals surface area contributed by atoms with E-state index in [-0.39, 0.29) is 56.4 Å². The number of amides is 2. The summed E-state index contributed by atoms with van der Waals surface area (Å²) in [6, 6.07) is 7.44. The fourth-order valence-electron chi connectivity index (χ4n) is 3.30. The van der Waals surface area contributed by atoms with E-state index in [0.29, 0.717) is 18.1 Å². The number of rotatable bonds is 9. The zero-order chi connectivity index (χ0) is 25.8. The van der Waals surface area contributed by atoms with Gasteiger partial charge >= 0.3 is 0 Å². The van der Waals surface area contributed by atoms with E-state index in [1.54, 1.807) is 12.1 Å². The van der Waals surface area contributed by atoms with Crippen molar-refractivity contribution in [2.45, 2.75) is 6.10 Å². The Labute approximate surface area is 223 Å². The number of hydrogen-bond donors (Lipinski definition) is 2. The number of aromatic nitrogens is 3. The van der Waals surface area contributed by atoms with Crippen molar-refractivity contribution in [2.24, 2.45) is 0 Å². The SMILES string of the molecule is COCCNC(=O)c1cc(Cl)cc(Cl)c1NC(=O)c1cc(OC2CS(=O)C2)nn1-c1ncccc1Cl. The summed E-state index contributed by atoms with van der Waals surface area (Å²) in [7, 11) is 0.579. The first-order valence-corrected chi connectivity index (χ1v) is 13.2. The van der Waals surface area contributed by atoms with E-state index in [9.17, 15) is 13.8 Å². The van der Waals surface area contributed by atoms with Gasteiger partial charge in [0.2, 0.25) is 5.88 Å². The van der Waals surface area contributed by atoms with Crippen LogP contribution in [0.4, 0.5) is 5.69 Å². The van der Waals surface area contributed by atoms with Gasteiger partial charge in [0, 0.05) is 41.7 Å². The predicted molar refractivity (Wildman–Crippen MR) is 137 cm³/mol. The number of hydrogen-bond acceptors (Lipinski definition) is 7.